The number of carbonyl (C=O) groups excluding carboxylic acids is 1. The van der Waals surface area contributed by atoms with Crippen LogP contribution in [0.1, 0.15) is 34.6 Å². The molecule has 0 bridgehead atoms. The van der Waals surface area contributed by atoms with E-state index in [1.807, 2.05) is 0 Å². The van der Waals surface area contributed by atoms with Crippen LogP contribution in [0.2, 0.25) is 5.02 Å². The zero-order valence-corrected chi connectivity index (χ0v) is 21.9. The van der Waals surface area contributed by atoms with Gasteiger partial charge < -0.3 is 24.3 Å². The van der Waals surface area contributed by atoms with Crippen molar-refractivity contribution in [3.05, 3.63) is 41.9 Å². The lowest BCUT2D eigenvalue weighted by Gasteiger charge is -2.31. The first-order valence-electron chi connectivity index (χ1n) is 11.0. The van der Waals surface area contributed by atoms with Crippen molar-refractivity contribution in [3.8, 4) is 5.75 Å². The number of carbonyl (C=O) groups is 1. The first-order valence-corrected chi connectivity index (χ1v) is 13.1. The van der Waals surface area contributed by atoms with Crippen molar-refractivity contribution in [3.63, 3.8) is 0 Å². The first kappa shape index (κ1) is 26.9. The molecule has 0 aliphatic heterocycles. The molecular weight excluding hydrogens is 495 g/mol. The number of rotatable bonds is 11. The van der Waals surface area contributed by atoms with Crippen molar-refractivity contribution in [2.24, 2.45) is 0 Å². The molecule has 13 heteroatoms. The first-order chi connectivity index (χ1) is 16.4. The second kappa shape index (κ2) is 10.9. The molecule has 3 rings (SSSR count). The van der Waals surface area contributed by atoms with E-state index in [2.05, 4.69) is 20.0 Å². The fourth-order valence-electron chi connectivity index (χ4n) is 3.17. The van der Waals surface area contributed by atoms with E-state index >= 15 is 0 Å². The maximum absolute atomic E-state index is 13.9. The number of aromatic nitrogens is 4. The Morgan fingerprint density at radius 3 is 2.54 bits per heavy atom. The van der Waals surface area contributed by atoms with Gasteiger partial charge in [-0.15, -0.1) is 0 Å². The zero-order chi connectivity index (χ0) is 25.8. The third-order valence-corrected chi connectivity index (χ3v) is 6.93. The van der Waals surface area contributed by atoms with Gasteiger partial charge in [0.15, 0.2) is 11.5 Å². The Bertz CT molecular complexity index is 1220. The lowest BCUT2D eigenvalue weighted by Crippen LogP contribution is -2.48. The van der Waals surface area contributed by atoms with Gasteiger partial charge in [0.25, 0.3) is 0 Å². The summed E-state index contributed by atoms with van der Waals surface area (Å²) in [7, 11) is -3.76. The number of hydrogen-bond acceptors (Lipinski definition) is 9. The molecule has 1 aromatic carbocycles. The second-order valence-corrected chi connectivity index (χ2v) is 11.3. The molecule has 2 atom stereocenters. The summed E-state index contributed by atoms with van der Waals surface area (Å²) in [5, 5.41) is 3.34. The molecule has 2 heterocycles. The number of esters is 1. The van der Waals surface area contributed by atoms with Gasteiger partial charge >= 0.3 is 13.5 Å². The molecule has 0 saturated carbocycles. The van der Waals surface area contributed by atoms with Gasteiger partial charge in [-0.3, -0.25) is 9.36 Å². The van der Waals surface area contributed by atoms with Crippen LogP contribution in [0.4, 0.5) is 5.82 Å². The molecule has 0 radical (unpaired) electrons. The van der Waals surface area contributed by atoms with Gasteiger partial charge in [0.1, 0.15) is 29.5 Å². The Labute approximate surface area is 208 Å². The van der Waals surface area contributed by atoms with E-state index in [1.165, 1.54) is 6.33 Å². The van der Waals surface area contributed by atoms with Crippen LogP contribution in [0.3, 0.4) is 0 Å². The van der Waals surface area contributed by atoms with Crippen LogP contribution >= 0.6 is 19.1 Å². The molecule has 0 fully saturated rings. The molecule has 3 N–H and O–H groups in total. The number of imidazole rings is 1. The summed E-state index contributed by atoms with van der Waals surface area (Å²) in [6.45, 7) is 8.77. The van der Waals surface area contributed by atoms with Crippen molar-refractivity contribution in [1.82, 2.24) is 24.6 Å². The van der Waals surface area contributed by atoms with Crippen molar-refractivity contribution in [2.75, 3.05) is 12.1 Å². The molecule has 0 spiro atoms. The van der Waals surface area contributed by atoms with Gasteiger partial charge in [-0.05, 0) is 58.9 Å². The van der Waals surface area contributed by atoms with Gasteiger partial charge in [-0.25, -0.2) is 20.0 Å². The number of anilines is 1. The fraction of sp³-hybridized carbons (Fsp3) is 0.455. The van der Waals surface area contributed by atoms with E-state index in [1.54, 1.807) is 69.8 Å². The summed E-state index contributed by atoms with van der Waals surface area (Å²) in [5.74, 6) is 0.0211. The molecule has 2 unspecified atom stereocenters. The quantitative estimate of drug-likeness (QED) is 0.279. The minimum absolute atomic E-state index is 0.280. The highest BCUT2D eigenvalue weighted by molar-refractivity contribution is 7.57. The van der Waals surface area contributed by atoms with Gasteiger partial charge in [-0.1, -0.05) is 11.6 Å². The van der Waals surface area contributed by atoms with Crippen molar-refractivity contribution < 1.29 is 23.4 Å². The number of ether oxygens (including phenoxy) is 2. The number of hydrogen-bond donors (Lipinski definition) is 2. The lowest BCUT2D eigenvalue weighted by molar-refractivity contribution is -0.153. The number of nitrogen functional groups attached to an aromatic ring is 1. The van der Waals surface area contributed by atoms with Crippen LogP contribution in [0.15, 0.2) is 36.9 Å². The largest absolute Gasteiger partial charge is 0.462 e. The minimum atomic E-state index is -3.76. The SMILES string of the molecule is CC(C)OC(=O)C(C)(C)NP(=O)(COC(C)Cn1cnc2c(N)ncnc21)Oc1ccc(Cl)cc1. The second-order valence-electron chi connectivity index (χ2n) is 8.84. The standard InChI is InChI=1S/C22H30ClN6O5P/c1-14(2)33-21(30)22(4,5)28-35(31,34-17-8-6-16(23)7-9-17)13-32-15(3)10-29-12-27-18-19(24)25-11-26-20(18)29/h6-9,11-12,14-15H,10,13H2,1-5H3,(H,28,31)(H2,24,25,26). The predicted octanol–water partition coefficient (Wildman–Crippen LogP) is 4.02. The molecule has 11 nitrogen and oxygen atoms in total. The summed E-state index contributed by atoms with van der Waals surface area (Å²) in [6.07, 6.45) is 1.87. The van der Waals surface area contributed by atoms with Crippen molar-refractivity contribution >= 4 is 42.1 Å². The van der Waals surface area contributed by atoms with Gasteiger partial charge in [0.2, 0.25) is 0 Å². The number of halogens is 1. The molecule has 0 aliphatic rings. The number of benzene rings is 1. The summed E-state index contributed by atoms with van der Waals surface area (Å²) >= 11 is 5.95. The van der Waals surface area contributed by atoms with Crippen LogP contribution in [0.25, 0.3) is 11.2 Å². The van der Waals surface area contributed by atoms with E-state index < -0.39 is 25.1 Å². The molecular formula is C22H30ClN6O5P. The number of nitrogens with two attached hydrogens (primary N) is 1. The van der Waals surface area contributed by atoms with Crippen LogP contribution in [-0.4, -0.2) is 49.6 Å². The zero-order valence-electron chi connectivity index (χ0n) is 20.3. The van der Waals surface area contributed by atoms with E-state index in [9.17, 15) is 9.36 Å². The maximum atomic E-state index is 13.9. The third-order valence-electron chi connectivity index (χ3n) is 4.78. The molecule has 35 heavy (non-hydrogen) atoms. The third kappa shape index (κ3) is 7.14. The highest BCUT2D eigenvalue weighted by Gasteiger charge is 2.40. The van der Waals surface area contributed by atoms with E-state index in [4.69, 9.17) is 31.3 Å². The Morgan fingerprint density at radius 1 is 1.20 bits per heavy atom. The highest BCUT2D eigenvalue weighted by atomic mass is 35.5. The van der Waals surface area contributed by atoms with Crippen LogP contribution in [-0.2, 0) is 25.4 Å². The Morgan fingerprint density at radius 2 is 1.89 bits per heavy atom. The Balaban J connectivity index is 1.76. The number of fused-ring (bicyclic) bond motifs is 1. The van der Waals surface area contributed by atoms with Crippen LogP contribution in [0.5, 0.6) is 5.75 Å². The Kier molecular flexibility index (Phi) is 8.38. The van der Waals surface area contributed by atoms with Crippen LogP contribution in [0, 0.1) is 0 Å². The van der Waals surface area contributed by atoms with Gasteiger partial charge in [0.05, 0.1) is 25.1 Å². The highest BCUT2D eigenvalue weighted by Crippen LogP contribution is 2.45. The van der Waals surface area contributed by atoms with Gasteiger partial charge in [0, 0.05) is 5.02 Å². The Hall–Kier alpha value is -2.72. The summed E-state index contributed by atoms with van der Waals surface area (Å²) in [6, 6.07) is 6.39. The van der Waals surface area contributed by atoms with E-state index in [0.29, 0.717) is 28.5 Å². The van der Waals surface area contributed by atoms with Crippen molar-refractivity contribution in [2.45, 2.75) is 58.9 Å². The topological polar surface area (TPSA) is 143 Å². The fourth-order valence-corrected chi connectivity index (χ4v) is 5.31. The maximum Gasteiger partial charge on any atom is 0.342 e. The van der Waals surface area contributed by atoms with E-state index in [0.717, 1.165) is 0 Å². The van der Waals surface area contributed by atoms with Gasteiger partial charge in [-0.2, -0.15) is 0 Å². The number of nitrogens with one attached hydrogen (secondary N) is 1. The molecule has 2 aromatic heterocycles. The average molecular weight is 525 g/mol. The molecule has 0 saturated heterocycles. The lowest BCUT2D eigenvalue weighted by atomic mass is 10.1. The molecule has 0 amide bonds. The number of nitrogens with zero attached hydrogens (tertiary/aromatic N) is 4. The summed E-state index contributed by atoms with van der Waals surface area (Å²) in [5.41, 5.74) is 5.58. The summed E-state index contributed by atoms with van der Waals surface area (Å²) < 4.78 is 32.7. The summed E-state index contributed by atoms with van der Waals surface area (Å²) in [4.78, 5) is 25.0. The van der Waals surface area contributed by atoms with E-state index in [-0.39, 0.29) is 18.3 Å². The minimum Gasteiger partial charge on any atom is -0.462 e. The monoisotopic (exact) mass is 524 g/mol. The predicted molar refractivity (Wildman–Crippen MR) is 133 cm³/mol. The molecule has 0 aliphatic carbocycles. The molecule has 3 aromatic rings. The molecule has 190 valence electrons. The normalized spacial score (nSPS) is 14.6. The smallest absolute Gasteiger partial charge is 0.342 e. The average Bonchev–Trinajstić information content (AvgIpc) is 3.17. The van der Waals surface area contributed by atoms with Crippen molar-refractivity contribution in [1.29, 1.82) is 0 Å². The van der Waals surface area contributed by atoms with Crippen LogP contribution < -0.4 is 15.3 Å².